The van der Waals surface area contributed by atoms with Crippen molar-refractivity contribution in [2.24, 2.45) is 0 Å². The summed E-state index contributed by atoms with van der Waals surface area (Å²) in [5, 5.41) is 1.78. The number of rotatable bonds is 9. The summed E-state index contributed by atoms with van der Waals surface area (Å²) in [6, 6.07) is 18.7. The first-order chi connectivity index (χ1) is 19.7. The summed E-state index contributed by atoms with van der Waals surface area (Å²) in [5.41, 5.74) is 0. The summed E-state index contributed by atoms with van der Waals surface area (Å²) in [5.74, 6) is -1.86. The van der Waals surface area contributed by atoms with Crippen molar-refractivity contribution in [1.82, 2.24) is 4.90 Å². The first kappa shape index (κ1) is 35.7. The molecule has 0 N–H and O–H groups in total. The highest BCUT2D eigenvalue weighted by Gasteiger charge is 2.53. The third kappa shape index (κ3) is 7.93. The van der Waals surface area contributed by atoms with Crippen molar-refractivity contribution in [2.45, 2.75) is 109 Å². The number of amides is 1. The lowest BCUT2D eigenvalue weighted by Crippen LogP contribution is -2.68. The fraction of sp³-hybridized carbons (Fsp3) is 0.545. The zero-order valence-electron chi connectivity index (χ0n) is 26.9. The Bertz CT molecular complexity index is 1220. The normalized spacial score (nSPS) is 19.5. The Morgan fingerprint density at radius 3 is 1.84 bits per heavy atom. The first-order valence-electron chi connectivity index (χ1n) is 14.9. The van der Waals surface area contributed by atoms with Crippen molar-refractivity contribution >= 4 is 48.8 Å². The summed E-state index contributed by atoms with van der Waals surface area (Å²) in [7, 11) is -5.23. The number of alkyl halides is 3. The number of hydrogen-bond donors (Lipinski definition) is 0. The van der Waals surface area contributed by atoms with E-state index in [0.717, 1.165) is 15.3 Å². The quantitative estimate of drug-likeness (QED) is 0.248. The van der Waals surface area contributed by atoms with E-state index >= 15 is 0 Å². The van der Waals surface area contributed by atoms with Gasteiger partial charge in [0, 0.05) is 4.48 Å². The molecule has 10 heteroatoms. The Balaban J connectivity index is 2.04. The maximum Gasteiger partial charge on any atom is 0.471 e. The lowest BCUT2D eigenvalue weighted by Gasteiger charge is -2.47. The minimum atomic E-state index is -5.02. The predicted octanol–water partition coefficient (Wildman–Crippen LogP) is 8.17. The molecule has 0 saturated heterocycles. The number of benzene rings is 2. The highest BCUT2D eigenvalue weighted by molar-refractivity contribution is 9.11. The van der Waals surface area contributed by atoms with Crippen molar-refractivity contribution in [2.75, 3.05) is 6.61 Å². The fourth-order valence-electron chi connectivity index (χ4n) is 5.54. The summed E-state index contributed by atoms with van der Waals surface area (Å²) < 4.78 is 56.4. The topological polar surface area (TPSA) is 38.8 Å². The highest BCUT2D eigenvalue weighted by atomic mass is 79.9. The van der Waals surface area contributed by atoms with E-state index in [1.165, 1.54) is 0 Å². The van der Waals surface area contributed by atoms with Gasteiger partial charge >= 0.3 is 12.1 Å². The molecule has 2 aromatic carbocycles. The molecule has 0 radical (unpaired) electrons. The van der Waals surface area contributed by atoms with E-state index < -0.39 is 46.9 Å². The molecule has 0 aliphatic heterocycles. The minimum Gasteiger partial charge on any atom is -0.415 e. The molecule has 0 heterocycles. The molecule has 0 bridgehead atoms. The van der Waals surface area contributed by atoms with Crippen LogP contribution in [0.1, 0.15) is 61.3 Å². The fourth-order valence-corrected chi connectivity index (χ4v) is 11.9. The summed E-state index contributed by atoms with van der Waals surface area (Å²) in [4.78, 5) is 14.0. The van der Waals surface area contributed by atoms with E-state index in [1.54, 1.807) is 6.92 Å². The van der Waals surface area contributed by atoms with E-state index in [2.05, 4.69) is 94.8 Å². The summed E-state index contributed by atoms with van der Waals surface area (Å²) in [6.07, 6.45) is -2.81. The second kappa shape index (κ2) is 13.3. The molecule has 1 amide bonds. The lowest BCUT2D eigenvalue weighted by atomic mass is 9.97. The van der Waals surface area contributed by atoms with Gasteiger partial charge in [-0.1, -0.05) is 124 Å². The number of carbonyl (C=O) groups is 1. The molecule has 238 valence electrons. The van der Waals surface area contributed by atoms with Gasteiger partial charge in [-0.3, -0.25) is 4.79 Å². The Morgan fingerprint density at radius 1 is 0.930 bits per heavy atom. The molecule has 1 aliphatic rings. The van der Waals surface area contributed by atoms with E-state index in [0.29, 0.717) is 10.9 Å². The molecule has 0 aromatic heterocycles. The monoisotopic (exact) mass is 697 g/mol. The van der Waals surface area contributed by atoms with Crippen LogP contribution in [0.25, 0.3) is 0 Å². The van der Waals surface area contributed by atoms with E-state index in [9.17, 15) is 18.0 Å². The Hall–Kier alpha value is -1.73. The Labute approximate surface area is 266 Å². The molecule has 0 spiro atoms. The van der Waals surface area contributed by atoms with Gasteiger partial charge in [-0.25, -0.2) is 0 Å². The van der Waals surface area contributed by atoms with Crippen LogP contribution in [0.5, 0.6) is 0 Å². The first-order valence-corrected chi connectivity index (χ1v) is 20.5. The van der Waals surface area contributed by atoms with Gasteiger partial charge in [0.05, 0.1) is 24.8 Å². The van der Waals surface area contributed by atoms with Gasteiger partial charge < -0.3 is 13.8 Å². The van der Waals surface area contributed by atoms with Crippen LogP contribution >= 0.6 is 15.9 Å². The van der Waals surface area contributed by atoms with Crippen LogP contribution < -0.4 is 10.4 Å². The average molecular weight is 699 g/mol. The predicted molar refractivity (Wildman–Crippen MR) is 178 cm³/mol. The molecule has 2 aromatic rings. The van der Waals surface area contributed by atoms with Gasteiger partial charge in [0.2, 0.25) is 0 Å². The summed E-state index contributed by atoms with van der Waals surface area (Å²) >= 11 is 3.54. The number of halogens is 4. The minimum absolute atomic E-state index is 0.0231. The molecular weight excluding hydrogens is 651 g/mol. The Kier molecular flexibility index (Phi) is 11.1. The van der Waals surface area contributed by atoms with E-state index in [4.69, 9.17) is 8.85 Å². The van der Waals surface area contributed by atoms with Crippen molar-refractivity contribution in [3.05, 3.63) is 71.2 Å². The van der Waals surface area contributed by atoms with Crippen LogP contribution in [0.3, 0.4) is 0 Å². The average Bonchev–Trinajstić information content (AvgIpc) is 2.91. The summed E-state index contributed by atoms with van der Waals surface area (Å²) in [6.45, 7) is 18.5. The molecule has 3 atom stereocenters. The molecule has 43 heavy (non-hydrogen) atoms. The highest BCUT2D eigenvalue weighted by Crippen LogP contribution is 2.41. The molecule has 0 fully saturated rings. The smallest absolute Gasteiger partial charge is 0.415 e. The maximum absolute atomic E-state index is 14.1. The van der Waals surface area contributed by atoms with Crippen molar-refractivity contribution in [1.29, 1.82) is 0 Å². The van der Waals surface area contributed by atoms with Crippen LogP contribution in [0, 0.1) is 0 Å². The molecule has 1 aliphatic carbocycles. The third-order valence-electron chi connectivity index (χ3n) is 8.92. The lowest BCUT2D eigenvalue weighted by molar-refractivity contribution is -0.190. The molecule has 0 unspecified atom stereocenters. The number of nitrogens with zero attached hydrogens (tertiary/aromatic N) is 1. The van der Waals surface area contributed by atoms with Gasteiger partial charge in [0.25, 0.3) is 8.32 Å². The van der Waals surface area contributed by atoms with E-state index in [1.807, 2.05) is 42.5 Å². The van der Waals surface area contributed by atoms with Gasteiger partial charge in [-0.15, -0.1) is 0 Å². The number of hydrogen-bond acceptors (Lipinski definition) is 3. The van der Waals surface area contributed by atoms with Crippen LogP contribution in [-0.4, -0.2) is 58.4 Å². The zero-order chi connectivity index (χ0) is 32.4. The molecule has 3 rings (SSSR count). The van der Waals surface area contributed by atoms with Crippen molar-refractivity contribution in [3.8, 4) is 0 Å². The van der Waals surface area contributed by atoms with Crippen LogP contribution in [0.2, 0.25) is 23.2 Å². The zero-order valence-corrected chi connectivity index (χ0v) is 30.5. The maximum atomic E-state index is 14.1. The van der Waals surface area contributed by atoms with Gasteiger partial charge in [-0.2, -0.15) is 13.2 Å². The van der Waals surface area contributed by atoms with Crippen LogP contribution in [0.15, 0.2) is 71.2 Å². The largest absolute Gasteiger partial charge is 0.471 e. The van der Waals surface area contributed by atoms with Gasteiger partial charge in [-0.05, 0) is 53.3 Å². The van der Waals surface area contributed by atoms with Gasteiger partial charge in [0.1, 0.15) is 0 Å². The second-order valence-corrected chi connectivity index (χ2v) is 24.1. The SMILES string of the molecule is C[C@@H](CO[Si](C)(C)C(C)(C)C)N(C(=O)C(F)(F)F)[C@H]1C[C@H](O[Si](c2ccccc2)(c2ccccc2)C(C)(C)C)CC=C1Br. The number of carbonyl (C=O) groups excluding carboxylic acids is 1. The standard InChI is InChI=1S/C33H47BrF3NO3Si2/c1-24(23-40-42(8,9)31(2,3)4)38(30(39)33(35,36)37)29-22-25(20-21-28(29)34)41-43(32(5,6)7,26-16-12-10-13-17-26)27-18-14-11-15-19-27/h10-19,21,24-25,29H,20,22-23H2,1-9H3/t24-,25+,29-/m0/s1. The van der Waals surface area contributed by atoms with Crippen molar-refractivity contribution in [3.63, 3.8) is 0 Å². The van der Waals surface area contributed by atoms with Crippen molar-refractivity contribution < 1.29 is 26.8 Å². The van der Waals surface area contributed by atoms with Crippen LogP contribution in [0.4, 0.5) is 13.2 Å². The molecule has 4 nitrogen and oxygen atoms in total. The molecule has 0 saturated carbocycles. The second-order valence-electron chi connectivity index (χ2n) is 14.1. The van der Waals surface area contributed by atoms with Gasteiger partial charge in [0.15, 0.2) is 8.32 Å². The van der Waals surface area contributed by atoms with E-state index in [-0.39, 0.29) is 23.1 Å². The third-order valence-corrected chi connectivity index (χ3v) is 19.4. The Morgan fingerprint density at radius 2 is 1.42 bits per heavy atom. The molecular formula is C33H47BrF3NO3Si2. The van der Waals surface area contributed by atoms with Crippen LogP contribution in [-0.2, 0) is 13.6 Å².